The molecule has 0 radical (unpaired) electrons. The zero-order valence-electron chi connectivity index (χ0n) is 34.8. The van der Waals surface area contributed by atoms with E-state index in [1.165, 1.54) is 161 Å². The Balaban J connectivity index is 3.48. The highest BCUT2D eigenvalue weighted by Gasteiger charge is 2.18. The molecule has 2 unspecified atom stereocenters. The predicted molar refractivity (Wildman–Crippen MR) is 223 cm³/mol. The van der Waals surface area contributed by atoms with Gasteiger partial charge < -0.3 is 20.3 Å². The molecule has 308 valence electrons. The summed E-state index contributed by atoms with van der Waals surface area (Å²) in [6.07, 6.45) is 46.3. The number of ether oxygens (including phenoxy) is 1. The van der Waals surface area contributed by atoms with E-state index in [2.05, 4.69) is 19.2 Å². The standard InChI is InChI=1S/C46H89NO5/c1-3-5-7-9-11-13-15-16-17-18-19-20-24-28-32-36-40-46(51)52-41-37-33-29-25-21-23-27-31-35-39-45(50)47-43(42-48)44(49)38-34-30-26-22-14-12-10-8-6-4-2/h34,38,43-44,48-49H,3-33,35-37,39-42H2,1-2H3,(H,47,50)/b38-34+. The van der Waals surface area contributed by atoms with Crippen molar-refractivity contribution in [3.05, 3.63) is 12.2 Å². The zero-order chi connectivity index (χ0) is 38.0. The molecule has 6 nitrogen and oxygen atoms in total. The Bertz CT molecular complexity index is 772. The average molecular weight is 736 g/mol. The second-order valence-electron chi connectivity index (χ2n) is 15.7. The fourth-order valence-electron chi connectivity index (χ4n) is 6.98. The summed E-state index contributed by atoms with van der Waals surface area (Å²) in [5.74, 6) is -0.122. The highest BCUT2D eigenvalue weighted by molar-refractivity contribution is 5.76. The van der Waals surface area contributed by atoms with Crippen LogP contribution in [0.3, 0.4) is 0 Å². The molecule has 0 aromatic carbocycles. The summed E-state index contributed by atoms with van der Waals surface area (Å²) < 4.78 is 5.44. The molecule has 52 heavy (non-hydrogen) atoms. The molecular weight excluding hydrogens is 647 g/mol. The number of esters is 1. The van der Waals surface area contributed by atoms with Gasteiger partial charge in [-0.05, 0) is 32.1 Å². The Morgan fingerprint density at radius 3 is 1.31 bits per heavy atom. The van der Waals surface area contributed by atoms with Gasteiger partial charge >= 0.3 is 5.97 Å². The van der Waals surface area contributed by atoms with Crippen molar-refractivity contribution in [3.8, 4) is 0 Å². The molecule has 0 fully saturated rings. The number of nitrogens with one attached hydrogen (secondary N) is 1. The van der Waals surface area contributed by atoms with Crippen molar-refractivity contribution in [1.29, 1.82) is 0 Å². The van der Waals surface area contributed by atoms with Gasteiger partial charge in [0.2, 0.25) is 5.91 Å². The van der Waals surface area contributed by atoms with Crippen LogP contribution in [0.5, 0.6) is 0 Å². The molecular formula is C46H89NO5. The number of rotatable bonds is 42. The van der Waals surface area contributed by atoms with Crippen LogP contribution in [0.2, 0.25) is 0 Å². The van der Waals surface area contributed by atoms with Crippen LogP contribution >= 0.6 is 0 Å². The maximum Gasteiger partial charge on any atom is 0.305 e. The lowest BCUT2D eigenvalue weighted by Gasteiger charge is -2.20. The summed E-state index contributed by atoms with van der Waals surface area (Å²) in [4.78, 5) is 24.4. The lowest BCUT2D eigenvalue weighted by atomic mass is 10.0. The van der Waals surface area contributed by atoms with Crippen LogP contribution in [-0.4, -0.2) is 47.4 Å². The van der Waals surface area contributed by atoms with Gasteiger partial charge in [0, 0.05) is 12.8 Å². The lowest BCUT2D eigenvalue weighted by molar-refractivity contribution is -0.143. The van der Waals surface area contributed by atoms with Crippen LogP contribution in [0.4, 0.5) is 0 Å². The molecule has 0 heterocycles. The smallest absolute Gasteiger partial charge is 0.305 e. The third-order valence-corrected chi connectivity index (χ3v) is 10.6. The van der Waals surface area contributed by atoms with Gasteiger partial charge in [-0.3, -0.25) is 9.59 Å². The first-order valence-electron chi connectivity index (χ1n) is 23.0. The number of aliphatic hydroxyl groups excluding tert-OH is 2. The van der Waals surface area contributed by atoms with Gasteiger partial charge in [-0.25, -0.2) is 0 Å². The van der Waals surface area contributed by atoms with Crippen LogP contribution in [-0.2, 0) is 14.3 Å². The number of hydrogen-bond acceptors (Lipinski definition) is 5. The highest BCUT2D eigenvalue weighted by Crippen LogP contribution is 2.15. The highest BCUT2D eigenvalue weighted by atomic mass is 16.5. The van der Waals surface area contributed by atoms with E-state index in [0.29, 0.717) is 19.4 Å². The van der Waals surface area contributed by atoms with E-state index in [4.69, 9.17) is 4.74 Å². The van der Waals surface area contributed by atoms with Gasteiger partial charge in [-0.1, -0.05) is 212 Å². The van der Waals surface area contributed by atoms with Gasteiger partial charge in [-0.15, -0.1) is 0 Å². The molecule has 2 atom stereocenters. The molecule has 0 aliphatic rings. The Labute approximate surface area is 323 Å². The second kappa shape index (κ2) is 42.3. The van der Waals surface area contributed by atoms with Crippen molar-refractivity contribution in [2.75, 3.05) is 13.2 Å². The maximum absolute atomic E-state index is 12.3. The predicted octanol–water partition coefficient (Wildman–Crippen LogP) is 13.0. The molecule has 0 aromatic heterocycles. The second-order valence-corrected chi connectivity index (χ2v) is 15.7. The lowest BCUT2D eigenvalue weighted by Crippen LogP contribution is -2.45. The summed E-state index contributed by atoms with van der Waals surface area (Å²) in [6, 6.07) is -0.644. The number of hydrogen-bond donors (Lipinski definition) is 3. The van der Waals surface area contributed by atoms with Crippen LogP contribution in [0.15, 0.2) is 12.2 Å². The number of carbonyl (C=O) groups is 2. The molecule has 0 spiro atoms. The van der Waals surface area contributed by atoms with E-state index in [-0.39, 0.29) is 18.5 Å². The minimum Gasteiger partial charge on any atom is -0.466 e. The third-order valence-electron chi connectivity index (χ3n) is 10.6. The first-order chi connectivity index (χ1) is 25.5. The van der Waals surface area contributed by atoms with E-state index in [1.807, 2.05) is 6.08 Å². The number of carbonyl (C=O) groups excluding carboxylic acids is 2. The zero-order valence-corrected chi connectivity index (χ0v) is 34.8. The minimum absolute atomic E-state index is 0.0247. The average Bonchev–Trinajstić information content (AvgIpc) is 3.14. The molecule has 0 rings (SSSR count). The van der Waals surface area contributed by atoms with Gasteiger partial charge in [0.1, 0.15) is 0 Å². The van der Waals surface area contributed by atoms with Gasteiger partial charge in [0.15, 0.2) is 0 Å². The SMILES string of the molecule is CCCCCCCCCC/C=C/C(O)C(CO)NC(=O)CCCCCCCCCCCOC(=O)CCCCCCCCCCCCCCCCCC. The summed E-state index contributed by atoms with van der Waals surface area (Å²) in [7, 11) is 0. The number of aliphatic hydroxyl groups is 2. The number of unbranched alkanes of at least 4 members (excludes halogenated alkanes) is 31. The summed E-state index contributed by atoms with van der Waals surface area (Å²) in [5, 5.41) is 22.9. The monoisotopic (exact) mass is 736 g/mol. The van der Waals surface area contributed by atoms with E-state index in [1.54, 1.807) is 6.08 Å². The Hall–Kier alpha value is -1.40. The Morgan fingerprint density at radius 2 is 0.885 bits per heavy atom. The summed E-state index contributed by atoms with van der Waals surface area (Å²) >= 11 is 0. The van der Waals surface area contributed by atoms with Crippen molar-refractivity contribution >= 4 is 11.9 Å². The molecule has 0 aliphatic carbocycles. The largest absolute Gasteiger partial charge is 0.466 e. The molecule has 0 aliphatic heterocycles. The van der Waals surface area contributed by atoms with Crippen molar-refractivity contribution in [3.63, 3.8) is 0 Å². The van der Waals surface area contributed by atoms with Gasteiger partial charge in [-0.2, -0.15) is 0 Å². The molecule has 6 heteroatoms. The van der Waals surface area contributed by atoms with Crippen molar-refractivity contribution < 1.29 is 24.5 Å². The minimum atomic E-state index is -0.858. The topological polar surface area (TPSA) is 95.9 Å². The van der Waals surface area contributed by atoms with Gasteiger partial charge in [0.05, 0.1) is 25.4 Å². The van der Waals surface area contributed by atoms with Gasteiger partial charge in [0.25, 0.3) is 0 Å². The van der Waals surface area contributed by atoms with E-state index in [0.717, 1.165) is 57.8 Å². The van der Waals surface area contributed by atoms with Crippen molar-refractivity contribution in [2.24, 2.45) is 0 Å². The Kier molecular flexibility index (Phi) is 41.2. The van der Waals surface area contributed by atoms with Crippen LogP contribution in [0, 0.1) is 0 Å². The fraction of sp³-hybridized carbons (Fsp3) is 0.913. The van der Waals surface area contributed by atoms with E-state index in [9.17, 15) is 19.8 Å². The number of amides is 1. The summed E-state index contributed by atoms with van der Waals surface area (Å²) in [5.41, 5.74) is 0. The van der Waals surface area contributed by atoms with E-state index >= 15 is 0 Å². The molecule has 1 amide bonds. The molecule has 3 N–H and O–H groups in total. The molecule has 0 saturated heterocycles. The molecule has 0 saturated carbocycles. The summed E-state index contributed by atoms with van der Waals surface area (Å²) in [6.45, 7) is 4.82. The molecule has 0 bridgehead atoms. The maximum atomic E-state index is 12.3. The van der Waals surface area contributed by atoms with Crippen LogP contribution < -0.4 is 5.32 Å². The Morgan fingerprint density at radius 1 is 0.519 bits per heavy atom. The van der Waals surface area contributed by atoms with Crippen LogP contribution in [0.1, 0.15) is 245 Å². The molecule has 0 aromatic rings. The third kappa shape index (κ3) is 38.3. The quantitative estimate of drug-likeness (QED) is 0.0329. The first-order valence-corrected chi connectivity index (χ1v) is 23.0. The van der Waals surface area contributed by atoms with Crippen LogP contribution in [0.25, 0.3) is 0 Å². The first kappa shape index (κ1) is 50.6. The normalized spacial score (nSPS) is 12.8. The van der Waals surface area contributed by atoms with Crippen molar-refractivity contribution in [2.45, 2.75) is 257 Å². The fourth-order valence-corrected chi connectivity index (χ4v) is 6.98. The number of allylic oxidation sites excluding steroid dienone is 1. The van der Waals surface area contributed by atoms with E-state index < -0.39 is 12.1 Å². The van der Waals surface area contributed by atoms with Crippen molar-refractivity contribution in [1.82, 2.24) is 5.32 Å².